The molecule has 0 radical (unpaired) electrons. The van der Waals surface area contributed by atoms with Crippen LogP contribution in [0.25, 0.3) is 0 Å². The number of rotatable bonds is 5. The maximum Gasteiger partial charge on any atom is 0.101 e. The van der Waals surface area contributed by atoms with Crippen LogP contribution >= 0.6 is 11.3 Å². The van der Waals surface area contributed by atoms with Crippen LogP contribution in [0.3, 0.4) is 0 Å². The molecule has 0 saturated heterocycles. The molecule has 1 unspecified atom stereocenters. The Labute approximate surface area is 106 Å². The predicted molar refractivity (Wildman–Crippen MR) is 72.1 cm³/mol. The lowest BCUT2D eigenvalue weighted by molar-refractivity contribution is 0.174. The summed E-state index contributed by atoms with van der Waals surface area (Å²) in [5, 5.41) is 15.3. The number of nitrogens with one attached hydrogen (secondary N) is 1. The van der Waals surface area contributed by atoms with Gasteiger partial charge in [0.2, 0.25) is 0 Å². The lowest BCUT2D eigenvalue weighted by atomic mass is 10.1. The van der Waals surface area contributed by atoms with Crippen LogP contribution in [0.5, 0.6) is 0 Å². The first-order chi connectivity index (χ1) is 8.27. The van der Waals surface area contributed by atoms with Gasteiger partial charge in [-0.15, -0.1) is 11.3 Å². The zero-order valence-corrected chi connectivity index (χ0v) is 10.7. The van der Waals surface area contributed by atoms with Crippen LogP contribution in [0.2, 0.25) is 0 Å². The molecule has 17 heavy (non-hydrogen) atoms. The zero-order valence-electron chi connectivity index (χ0n) is 9.84. The van der Waals surface area contributed by atoms with Gasteiger partial charge in [0.25, 0.3) is 0 Å². The van der Waals surface area contributed by atoms with Gasteiger partial charge in [-0.2, -0.15) is 0 Å². The largest absolute Gasteiger partial charge is 0.386 e. The molecular formula is C14H17NOS. The summed E-state index contributed by atoms with van der Waals surface area (Å²) in [6.45, 7) is 2.69. The van der Waals surface area contributed by atoms with Crippen molar-refractivity contribution in [2.24, 2.45) is 0 Å². The van der Waals surface area contributed by atoms with E-state index in [-0.39, 0.29) is 6.04 Å². The fourth-order valence-corrected chi connectivity index (χ4v) is 2.44. The fraction of sp³-hybridized carbons (Fsp3) is 0.286. The summed E-state index contributed by atoms with van der Waals surface area (Å²) in [7, 11) is 0. The van der Waals surface area contributed by atoms with Gasteiger partial charge >= 0.3 is 0 Å². The van der Waals surface area contributed by atoms with Crippen LogP contribution in [0.15, 0.2) is 47.8 Å². The quantitative estimate of drug-likeness (QED) is 0.850. The van der Waals surface area contributed by atoms with Gasteiger partial charge in [-0.1, -0.05) is 36.4 Å². The summed E-state index contributed by atoms with van der Waals surface area (Å²) in [6.07, 6.45) is -0.416. The molecule has 0 amide bonds. The molecule has 2 N–H and O–H groups in total. The molecule has 1 aromatic carbocycles. The summed E-state index contributed by atoms with van der Waals surface area (Å²) in [5.74, 6) is 0. The predicted octanol–water partition coefficient (Wildman–Crippen LogP) is 3.13. The minimum Gasteiger partial charge on any atom is -0.386 e. The zero-order chi connectivity index (χ0) is 12.1. The highest BCUT2D eigenvalue weighted by Gasteiger charge is 2.10. The second-order valence-electron chi connectivity index (χ2n) is 4.07. The summed E-state index contributed by atoms with van der Waals surface area (Å²) >= 11 is 1.59. The molecule has 0 saturated carbocycles. The first-order valence-electron chi connectivity index (χ1n) is 5.77. The average Bonchev–Trinajstić information content (AvgIpc) is 2.90. The molecule has 1 heterocycles. The lowest BCUT2D eigenvalue weighted by Crippen LogP contribution is -2.24. The van der Waals surface area contributed by atoms with Crippen molar-refractivity contribution >= 4 is 11.3 Å². The maximum atomic E-state index is 9.95. The molecule has 90 valence electrons. The lowest BCUT2D eigenvalue weighted by Gasteiger charge is -2.16. The van der Waals surface area contributed by atoms with E-state index < -0.39 is 6.10 Å². The summed E-state index contributed by atoms with van der Waals surface area (Å²) in [6, 6.07) is 14.4. The van der Waals surface area contributed by atoms with Crippen LogP contribution in [0.4, 0.5) is 0 Å². The standard InChI is InChI=1S/C14H17NOS/c1-11(12-6-3-2-4-7-12)15-10-13(16)14-8-5-9-17-14/h2-9,11,13,15-16H,10H2,1H3/t11-,13?/m0/s1. The normalized spacial score (nSPS) is 14.5. The van der Waals surface area contributed by atoms with Gasteiger partial charge in [0.15, 0.2) is 0 Å². The summed E-state index contributed by atoms with van der Waals surface area (Å²) in [5.41, 5.74) is 1.24. The van der Waals surface area contributed by atoms with E-state index in [1.807, 2.05) is 35.7 Å². The Morgan fingerprint density at radius 1 is 1.18 bits per heavy atom. The first-order valence-corrected chi connectivity index (χ1v) is 6.65. The molecule has 0 aliphatic heterocycles. The van der Waals surface area contributed by atoms with Crippen molar-refractivity contribution in [2.75, 3.05) is 6.54 Å². The van der Waals surface area contributed by atoms with Gasteiger partial charge in [0.05, 0.1) is 0 Å². The molecule has 2 nitrogen and oxygen atoms in total. The number of aliphatic hydroxyl groups is 1. The maximum absolute atomic E-state index is 9.95. The average molecular weight is 247 g/mol. The third-order valence-corrected chi connectivity index (χ3v) is 3.76. The Morgan fingerprint density at radius 3 is 2.59 bits per heavy atom. The van der Waals surface area contributed by atoms with E-state index in [0.717, 1.165) is 4.88 Å². The highest BCUT2D eigenvalue weighted by atomic mass is 32.1. The second-order valence-corrected chi connectivity index (χ2v) is 5.05. The number of hydrogen-bond acceptors (Lipinski definition) is 3. The molecule has 0 fully saturated rings. The SMILES string of the molecule is C[C@H](NCC(O)c1cccs1)c1ccccc1. The molecule has 3 heteroatoms. The van der Waals surface area contributed by atoms with E-state index in [1.165, 1.54) is 5.56 Å². The van der Waals surface area contributed by atoms with E-state index in [1.54, 1.807) is 11.3 Å². The number of benzene rings is 1. The topological polar surface area (TPSA) is 32.3 Å². The van der Waals surface area contributed by atoms with Crippen LogP contribution in [0, 0.1) is 0 Å². The Balaban J connectivity index is 1.86. The van der Waals surface area contributed by atoms with Gasteiger partial charge in [-0.05, 0) is 23.9 Å². The van der Waals surface area contributed by atoms with Crippen molar-refractivity contribution in [1.82, 2.24) is 5.32 Å². The molecule has 0 bridgehead atoms. The second kappa shape index (κ2) is 5.96. The van der Waals surface area contributed by atoms with Crippen LogP contribution in [-0.2, 0) is 0 Å². The van der Waals surface area contributed by atoms with E-state index in [0.29, 0.717) is 6.54 Å². The van der Waals surface area contributed by atoms with Crippen LogP contribution < -0.4 is 5.32 Å². The molecule has 0 aliphatic rings. The first kappa shape index (κ1) is 12.3. The monoisotopic (exact) mass is 247 g/mol. The van der Waals surface area contributed by atoms with Crippen molar-refractivity contribution in [1.29, 1.82) is 0 Å². The van der Waals surface area contributed by atoms with Gasteiger partial charge in [-0.3, -0.25) is 0 Å². The number of hydrogen-bond donors (Lipinski definition) is 2. The van der Waals surface area contributed by atoms with Crippen molar-refractivity contribution in [3.8, 4) is 0 Å². The van der Waals surface area contributed by atoms with Gasteiger partial charge < -0.3 is 10.4 Å². The van der Waals surface area contributed by atoms with E-state index in [9.17, 15) is 5.11 Å². The van der Waals surface area contributed by atoms with E-state index >= 15 is 0 Å². The molecule has 2 rings (SSSR count). The summed E-state index contributed by atoms with van der Waals surface area (Å²) < 4.78 is 0. The third-order valence-electron chi connectivity index (χ3n) is 2.79. The van der Waals surface area contributed by atoms with Gasteiger partial charge in [0, 0.05) is 17.5 Å². The third kappa shape index (κ3) is 3.40. The molecular weight excluding hydrogens is 230 g/mol. The van der Waals surface area contributed by atoms with E-state index in [2.05, 4.69) is 24.4 Å². The molecule has 2 aromatic rings. The van der Waals surface area contributed by atoms with Crippen molar-refractivity contribution < 1.29 is 5.11 Å². The molecule has 1 aromatic heterocycles. The summed E-state index contributed by atoms with van der Waals surface area (Å²) in [4.78, 5) is 1.01. The molecule has 0 spiro atoms. The highest BCUT2D eigenvalue weighted by molar-refractivity contribution is 7.10. The van der Waals surface area contributed by atoms with Crippen molar-refractivity contribution in [3.63, 3.8) is 0 Å². The Bertz CT molecular complexity index is 427. The van der Waals surface area contributed by atoms with Crippen molar-refractivity contribution in [3.05, 3.63) is 58.3 Å². The Kier molecular flexibility index (Phi) is 4.31. The van der Waals surface area contributed by atoms with Crippen LogP contribution in [-0.4, -0.2) is 11.7 Å². The molecule has 2 atom stereocenters. The smallest absolute Gasteiger partial charge is 0.101 e. The fourth-order valence-electron chi connectivity index (χ4n) is 1.73. The number of aliphatic hydroxyl groups excluding tert-OH is 1. The Morgan fingerprint density at radius 2 is 1.94 bits per heavy atom. The Hall–Kier alpha value is -1.16. The van der Waals surface area contributed by atoms with Crippen molar-refractivity contribution in [2.45, 2.75) is 19.1 Å². The van der Waals surface area contributed by atoms with Gasteiger partial charge in [-0.25, -0.2) is 0 Å². The van der Waals surface area contributed by atoms with Gasteiger partial charge in [0.1, 0.15) is 6.10 Å². The van der Waals surface area contributed by atoms with Crippen LogP contribution in [0.1, 0.15) is 29.5 Å². The molecule has 0 aliphatic carbocycles. The number of thiophene rings is 1. The minimum absolute atomic E-state index is 0.255. The van der Waals surface area contributed by atoms with E-state index in [4.69, 9.17) is 0 Å². The minimum atomic E-state index is -0.416. The highest BCUT2D eigenvalue weighted by Crippen LogP contribution is 2.19.